The summed E-state index contributed by atoms with van der Waals surface area (Å²) in [6.07, 6.45) is 2.80. The second-order valence-corrected chi connectivity index (χ2v) is 12.4. The van der Waals surface area contributed by atoms with Crippen LogP contribution in [-0.4, -0.2) is 105 Å². The number of amides is 3. The van der Waals surface area contributed by atoms with Crippen molar-refractivity contribution < 1.29 is 32.7 Å². The van der Waals surface area contributed by atoms with Gasteiger partial charge in [-0.15, -0.1) is 0 Å². The molecule has 0 aromatic heterocycles. The summed E-state index contributed by atoms with van der Waals surface area (Å²) in [5.74, 6) is 0.765. The molecule has 15 heteroatoms. The number of rotatable bonds is 13. The average Bonchev–Trinajstić information content (AvgIpc) is 3.03. The highest BCUT2D eigenvalue weighted by Gasteiger charge is 2.40. The minimum atomic E-state index is -4.28. The van der Waals surface area contributed by atoms with Crippen molar-refractivity contribution in [2.24, 2.45) is 16.9 Å². The van der Waals surface area contributed by atoms with E-state index in [1.807, 2.05) is 12.1 Å². The van der Waals surface area contributed by atoms with E-state index in [0.717, 1.165) is 24.8 Å². The second kappa shape index (κ2) is 15.6. The Kier molecular flexibility index (Phi) is 12.2. The summed E-state index contributed by atoms with van der Waals surface area (Å²) in [5.41, 5.74) is 0. The number of sulfonamides is 1. The van der Waals surface area contributed by atoms with Gasteiger partial charge in [-0.2, -0.15) is 5.10 Å². The summed E-state index contributed by atoms with van der Waals surface area (Å²) >= 11 is 0. The van der Waals surface area contributed by atoms with Gasteiger partial charge in [0.25, 0.3) is 0 Å². The van der Waals surface area contributed by atoms with Crippen molar-refractivity contribution in [3.8, 4) is 0 Å². The molecule has 1 heterocycles. The predicted octanol–water partition coefficient (Wildman–Crippen LogP) is 0.0857. The van der Waals surface area contributed by atoms with Crippen LogP contribution in [-0.2, 0) is 29.2 Å². The van der Waals surface area contributed by atoms with Crippen LogP contribution < -0.4 is 21.2 Å². The normalized spacial score (nSPS) is 17.5. The molecule has 1 aliphatic rings. The second-order valence-electron chi connectivity index (χ2n) is 10.7. The summed E-state index contributed by atoms with van der Waals surface area (Å²) in [4.78, 5) is 52.5. The fourth-order valence-electron chi connectivity index (χ4n) is 5.33. The third kappa shape index (κ3) is 8.51. The third-order valence-electron chi connectivity index (χ3n) is 7.84. The zero-order chi connectivity index (χ0) is 32.4. The number of carboxylic acids is 1. The number of hydrazone groups is 1. The van der Waals surface area contributed by atoms with Gasteiger partial charge in [0.1, 0.15) is 0 Å². The number of nitrogens with zero attached hydrogens (tertiary/aromatic N) is 3. The molecule has 4 atom stereocenters. The molecule has 0 bridgehead atoms. The van der Waals surface area contributed by atoms with Crippen molar-refractivity contribution in [1.29, 1.82) is 0 Å². The fourth-order valence-corrected chi connectivity index (χ4v) is 6.70. The largest absolute Gasteiger partial charge is 0.474 e. The van der Waals surface area contributed by atoms with Gasteiger partial charge >= 0.3 is 11.9 Å². The number of carboxylic acid groups (broad SMARTS) is 1. The van der Waals surface area contributed by atoms with E-state index < -0.39 is 45.8 Å². The number of aliphatic carboxylic acids is 1. The number of carbonyl (C=O) groups excluding carboxylic acids is 3. The lowest BCUT2D eigenvalue weighted by atomic mass is 9.92. The average molecular weight is 632 g/mol. The summed E-state index contributed by atoms with van der Waals surface area (Å²) in [5, 5.41) is 19.5. The van der Waals surface area contributed by atoms with Crippen molar-refractivity contribution in [2.45, 2.75) is 56.1 Å². The Morgan fingerprint density at radius 1 is 1.18 bits per heavy atom. The minimum Gasteiger partial charge on any atom is -0.474 e. The maximum atomic E-state index is 13.9. The van der Waals surface area contributed by atoms with Gasteiger partial charge in [0.05, 0.1) is 22.9 Å². The zero-order valence-corrected chi connectivity index (χ0v) is 25.9. The Balaban J connectivity index is 2.04. The summed E-state index contributed by atoms with van der Waals surface area (Å²) in [6, 6.07) is 9.36. The standard InChI is InChI=1S/C29H41N7O7S/c1-4-25(37)36(15-14-32-27(38)29(40)41)24(18-33-30)26(19(2)28(39)35(3)22-10-7-13-31-17-22)34-44(42,43)23-12-11-20-8-5-6-9-21(20)16-23/h5-6,8-9,11-12,16,18-19,22,24,26,31,34H,4,7,10,13-15,17,30H2,1-3H3,(H,32,38)(H,40,41)/t19-,22?,24?,26-/m0/s1. The van der Waals surface area contributed by atoms with Gasteiger partial charge in [-0.3, -0.25) is 14.4 Å². The number of likely N-dealkylation sites (N-methyl/N-ethyl adjacent to an activating group) is 1. The van der Waals surface area contributed by atoms with Gasteiger partial charge in [-0.25, -0.2) is 17.9 Å². The van der Waals surface area contributed by atoms with Crippen LogP contribution in [0.15, 0.2) is 52.5 Å². The molecule has 3 rings (SSSR count). The van der Waals surface area contributed by atoms with E-state index in [-0.39, 0.29) is 36.4 Å². The number of nitrogens with one attached hydrogen (secondary N) is 3. The van der Waals surface area contributed by atoms with Crippen LogP contribution in [0.25, 0.3) is 10.8 Å². The van der Waals surface area contributed by atoms with E-state index in [9.17, 15) is 27.6 Å². The first-order valence-electron chi connectivity index (χ1n) is 14.4. The molecule has 3 amide bonds. The topological polar surface area (TPSA) is 204 Å². The van der Waals surface area contributed by atoms with E-state index in [1.54, 1.807) is 44.0 Å². The Bertz CT molecular complexity index is 1480. The van der Waals surface area contributed by atoms with Gasteiger partial charge in [0.15, 0.2) is 0 Å². The molecule has 0 spiro atoms. The lowest BCUT2D eigenvalue weighted by Gasteiger charge is -2.40. The number of piperidine rings is 1. The molecule has 44 heavy (non-hydrogen) atoms. The third-order valence-corrected chi connectivity index (χ3v) is 9.30. The summed E-state index contributed by atoms with van der Waals surface area (Å²) in [7, 11) is -2.61. The quantitative estimate of drug-likeness (QED) is 0.0878. The molecule has 1 fully saturated rings. The highest BCUT2D eigenvalue weighted by atomic mass is 32.2. The van der Waals surface area contributed by atoms with Crippen LogP contribution >= 0.6 is 0 Å². The Labute approximate surface area is 257 Å². The number of fused-ring (bicyclic) bond motifs is 1. The van der Waals surface area contributed by atoms with E-state index in [4.69, 9.17) is 10.9 Å². The van der Waals surface area contributed by atoms with Crippen molar-refractivity contribution in [3.05, 3.63) is 42.5 Å². The molecule has 2 aromatic rings. The molecular formula is C29H41N7O7S. The Morgan fingerprint density at radius 3 is 2.50 bits per heavy atom. The molecule has 2 unspecified atom stereocenters. The van der Waals surface area contributed by atoms with Crippen LogP contribution in [0.3, 0.4) is 0 Å². The van der Waals surface area contributed by atoms with Crippen molar-refractivity contribution in [3.63, 3.8) is 0 Å². The highest BCUT2D eigenvalue weighted by Crippen LogP contribution is 2.23. The van der Waals surface area contributed by atoms with E-state index in [2.05, 4.69) is 20.5 Å². The molecule has 1 aliphatic heterocycles. The lowest BCUT2D eigenvalue weighted by Crippen LogP contribution is -2.61. The predicted molar refractivity (Wildman–Crippen MR) is 165 cm³/mol. The number of hydrogen-bond acceptors (Lipinski definition) is 9. The van der Waals surface area contributed by atoms with Crippen LogP contribution in [0.2, 0.25) is 0 Å². The monoisotopic (exact) mass is 631 g/mol. The first kappa shape index (κ1) is 34.4. The van der Waals surface area contributed by atoms with Gasteiger partial charge in [-0.1, -0.05) is 44.2 Å². The maximum Gasteiger partial charge on any atom is 0.394 e. The molecule has 0 radical (unpaired) electrons. The Morgan fingerprint density at radius 2 is 1.89 bits per heavy atom. The van der Waals surface area contributed by atoms with E-state index in [0.29, 0.717) is 11.9 Å². The molecular weight excluding hydrogens is 590 g/mol. The molecule has 240 valence electrons. The minimum absolute atomic E-state index is 0.0120. The molecule has 1 saturated heterocycles. The lowest BCUT2D eigenvalue weighted by molar-refractivity contribution is -0.150. The fraction of sp³-hybridized carbons (Fsp3) is 0.483. The highest BCUT2D eigenvalue weighted by molar-refractivity contribution is 7.89. The SMILES string of the molecule is CCC(=O)N(CCNC(=O)C(=O)O)C(C=NN)[C@@H](NS(=O)(=O)c1ccc2ccccc2c1)[C@H](C)C(=O)N(C)C1CCCNC1. The number of nitrogens with two attached hydrogens (primary N) is 1. The molecule has 0 saturated carbocycles. The summed E-state index contributed by atoms with van der Waals surface area (Å²) < 4.78 is 30.4. The van der Waals surface area contributed by atoms with Crippen LogP contribution in [0, 0.1) is 5.92 Å². The van der Waals surface area contributed by atoms with E-state index >= 15 is 0 Å². The smallest absolute Gasteiger partial charge is 0.394 e. The number of benzene rings is 2. The Hall–Kier alpha value is -4.08. The number of hydrogen-bond donors (Lipinski definition) is 5. The molecule has 2 aromatic carbocycles. The van der Waals surface area contributed by atoms with Gasteiger partial charge in [0.2, 0.25) is 21.8 Å². The van der Waals surface area contributed by atoms with Crippen molar-refractivity contribution >= 4 is 50.7 Å². The van der Waals surface area contributed by atoms with Crippen LogP contribution in [0.5, 0.6) is 0 Å². The first-order valence-corrected chi connectivity index (χ1v) is 15.9. The van der Waals surface area contributed by atoms with Gasteiger partial charge in [0, 0.05) is 45.4 Å². The molecule has 6 N–H and O–H groups in total. The van der Waals surface area contributed by atoms with Gasteiger partial charge < -0.3 is 31.4 Å². The van der Waals surface area contributed by atoms with Crippen LogP contribution in [0.4, 0.5) is 0 Å². The van der Waals surface area contributed by atoms with Crippen LogP contribution in [0.1, 0.15) is 33.1 Å². The maximum absolute atomic E-state index is 13.9. The first-order chi connectivity index (χ1) is 20.9. The van der Waals surface area contributed by atoms with Crippen molar-refractivity contribution in [1.82, 2.24) is 25.2 Å². The van der Waals surface area contributed by atoms with Gasteiger partial charge in [-0.05, 0) is 42.3 Å². The summed E-state index contributed by atoms with van der Waals surface area (Å²) in [6.45, 7) is 4.12. The molecule has 14 nitrogen and oxygen atoms in total. The van der Waals surface area contributed by atoms with E-state index in [1.165, 1.54) is 23.2 Å². The zero-order valence-electron chi connectivity index (χ0n) is 25.1. The van der Waals surface area contributed by atoms with Crippen molar-refractivity contribution in [2.75, 3.05) is 33.2 Å². The number of carbonyl (C=O) groups is 4. The molecule has 0 aliphatic carbocycles.